The summed E-state index contributed by atoms with van der Waals surface area (Å²) in [5, 5.41) is 2.96. The van der Waals surface area contributed by atoms with Gasteiger partial charge in [0, 0.05) is 30.6 Å². The first-order chi connectivity index (χ1) is 11.2. The van der Waals surface area contributed by atoms with E-state index >= 15 is 0 Å². The number of nitrogens with zero attached hydrogens (tertiary/aromatic N) is 1. The maximum absolute atomic E-state index is 12.4. The van der Waals surface area contributed by atoms with Crippen LogP contribution in [0.5, 0.6) is 0 Å². The molecule has 2 amide bonds. The topological polar surface area (TPSA) is 75.4 Å². The summed E-state index contributed by atoms with van der Waals surface area (Å²) in [6.07, 6.45) is 4.82. The zero-order valence-corrected chi connectivity index (χ0v) is 13.5. The summed E-state index contributed by atoms with van der Waals surface area (Å²) in [4.78, 5) is 26.2. The highest BCUT2D eigenvalue weighted by Crippen LogP contribution is 2.32. The molecule has 0 aromatic heterocycles. The smallest absolute Gasteiger partial charge is 0.227 e. The van der Waals surface area contributed by atoms with E-state index in [1.165, 1.54) is 0 Å². The van der Waals surface area contributed by atoms with E-state index in [4.69, 9.17) is 5.73 Å². The van der Waals surface area contributed by atoms with Crippen molar-refractivity contribution in [1.82, 2.24) is 4.90 Å². The molecule has 3 rings (SSSR count). The molecule has 124 valence electrons. The van der Waals surface area contributed by atoms with Gasteiger partial charge in [-0.25, -0.2) is 0 Å². The molecule has 2 saturated carbocycles. The van der Waals surface area contributed by atoms with Gasteiger partial charge in [-0.1, -0.05) is 12.1 Å². The fourth-order valence-electron chi connectivity index (χ4n) is 2.70. The maximum Gasteiger partial charge on any atom is 0.227 e. The molecule has 5 heteroatoms. The van der Waals surface area contributed by atoms with Crippen molar-refractivity contribution >= 4 is 17.5 Å². The molecule has 0 bridgehead atoms. The number of carbonyl (C=O) groups excluding carboxylic acids is 2. The van der Waals surface area contributed by atoms with Crippen LogP contribution in [-0.4, -0.2) is 29.8 Å². The summed E-state index contributed by atoms with van der Waals surface area (Å²) in [6, 6.07) is 7.80. The molecule has 1 aromatic carbocycles. The second kappa shape index (κ2) is 7.13. The lowest BCUT2D eigenvalue weighted by atomic mass is 10.1. The summed E-state index contributed by atoms with van der Waals surface area (Å²) >= 11 is 0. The van der Waals surface area contributed by atoms with Gasteiger partial charge in [0.05, 0.1) is 0 Å². The third-order valence-corrected chi connectivity index (χ3v) is 4.39. The lowest BCUT2D eigenvalue weighted by Gasteiger charge is -2.23. The predicted octanol–water partition coefficient (Wildman–Crippen LogP) is 2.12. The van der Waals surface area contributed by atoms with E-state index in [9.17, 15) is 9.59 Å². The van der Waals surface area contributed by atoms with Gasteiger partial charge in [-0.3, -0.25) is 9.59 Å². The van der Waals surface area contributed by atoms with Crippen LogP contribution in [0.1, 0.15) is 37.7 Å². The van der Waals surface area contributed by atoms with Gasteiger partial charge in [0.1, 0.15) is 0 Å². The van der Waals surface area contributed by atoms with Crippen LogP contribution in [0, 0.1) is 11.8 Å². The quantitative estimate of drug-likeness (QED) is 0.771. The molecule has 3 N–H and O–H groups in total. The number of nitrogens with one attached hydrogen (secondary N) is 1. The first-order valence-corrected chi connectivity index (χ1v) is 8.56. The summed E-state index contributed by atoms with van der Waals surface area (Å²) in [5.41, 5.74) is 7.45. The van der Waals surface area contributed by atoms with Gasteiger partial charge in [-0.15, -0.1) is 0 Å². The molecule has 0 atom stereocenters. The average Bonchev–Trinajstić information content (AvgIpc) is 3.41. The van der Waals surface area contributed by atoms with Crippen LogP contribution in [0.25, 0.3) is 0 Å². The number of benzene rings is 1. The van der Waals surface area contributed by atoms with E-state index in [2.05, 4.69) is 5.32 Å². The molecule has 5 nitrogen and oxygen atoms in total. The van der Waals surface area contributed by atoms with Crippen molar-refractivity contribution in [1.29, 1.82) is 0 Å². The normalized spacial score (nSPS) is 16.9. The molecule has 0 radical (unpaired) electrons. The monoisotopic (exact) mass is 315 g/mol. The highest BCUT2D eigenvalue weighted by Gasteiger charge is 2.33. The summed E-state index contributed by atoms with van der Waals surface area (Å²) in [7, 11) is 0. The van der Waals surface area contributed by atoms with Crippen LogP contribution in [0.3, 0.4) is 0 Å². The van der Waals surface area contributed by atoms with E-state index in [-0.39, 0.29) is 23.7 Å². The average molecular weight is 315 g/mol. The van der Waals surface area contributed by atoms with Gasteiger partial charge in [-0.05, 0) is 56.3 Å². The van der Waals surface area contributed by atoms with Crippen molar-refractivity contribution in [2.24, 2.45) is 17.6 Å². The van der Waals surface area contributed by atoms with Crippen LogP contribution in [-0.2, 0) is 16.1 Å². The van der Waals surface area contributed by atoms with Crippen molar-refractivity contribution in [3.63, 3.8) is 0 Å². The Balaban J connectivity index is 1.63. The molecular formula is C18H25N3O2. The third kappa shape index (κ3) is 4.55. The Morgan fingerprint density at radius 2 is 1.91 bits per heavy atom. The number of hydrogen-bond acceptors (Lipinski definition) is 3. The van der Waals surface area contributed by atoms with E-state index in [1.54, 1.807) is 0 Å². The summed E-state index contributed by atoms with van der Waals surface area (Å²) in [6.45, 7) is 1.87. The molecule has 0 unspecified atom stereocenters. The van der Waals surface area contributed by atoms with Crippen molar-refractivity contribution in [3.05, 3.63) is 29.8 Å². The van der Waals surface area contributed by atoms with Gasteiger partial charge in [0.25, 0.3) is 0 Å². The van der Waals surface area contributed by atoms with E-state index < -0.39 is 0 Å². The molecule has 2 fully saturated rings. The lowest BCUT2D eigenvalue weighted by Crippen LogP contribution is -2.33. The second-order valence-electron chi connectivity index (χ2n) is 6.64. The Bertz CT molecular complexity index is 579. The van der Waals surface area contributed by atoms with Gasteiger partial charge in [0.15, 0.2) is 0 Å². The van der Waals surface area contributed by atoms with Crippen LogP contribution < -0.4 is 11.1 Å². The number of amides is 2. The van der Waals surface area contributed by atoms with Crippen molar-refractivity contribution < 1.29 is 9.59 Å². The molecule has 0 aliphatic heterocycles. The van der Waals surface area contributed by atoms with Crippen molar-refractivity contribution in [2.75, 3.05) is 18.4 Å². The highest BCUT2D eigenvalue weighted by atomic mass is 16.2. The highest BCUT2D eigenvalue weighted by molar-refractivity contribution is 5.94. The largest absolute Gasteiger partial charge is 0.338 e. The number of rotatable bonds is 8. The van der Waals surface area contributed by atoms with Crippen LogP contribution in [0.4, 0.5) is 5.69 Å². The molecule has 2 aliphatic carbocycles. The molecule has 0 heterocycles. The molecular weight excluding hydrogens is 290 g/mol. The molecule has 1 aromatic rings. The molecule has 23 heavy (non-hydrogen) atoms. The first-order valence-electron chi connectivity index (χ1n) is 8.56. The Kier molecular flexibility index (Phi) is 4.96. The molecule has 0 spiro atoms. The van der Waals surface area contributed by atoms with E-state index in [0.717, 1.165) is 43.4 Å². The number of nitrogens with two attached hydrogens (primary N) is 1. The molecule has 2 aliphatic rings. The zero-order valence-electron chi connectivity index (χ0n) is 13.5. The van der Waals surface area contributed by atoms with E-state index in [1.807, 2.05) is 29.2 Å². The van der Waals surface area contributed by atoms with Gasteiger partial charge < -0.3 is 16.0 Å². The van der Waals surface area contributed by atoms with E-state index in [0.29, 0.717) is 19.6 Å². The minimum atomic E-state index is 0.108. The Labute approximate surface area is 137 Å². The first kappa shape index (κ1) is 16.0. The molecule has 0 saturated heterocycles. The Hall–Kier alpha value is -1.88. The predicted molar refractivity (Wildman–Crippen MR) is 89.6 cm³/mol. The third-order valence-electron chi connectivity index (χ3n) is 4.39. The van der Waals surface area contributed by atoms with Gasteiger partial charge in [0.2, 0.25) is 11.8 Å². The summed E-state index contributed by atoms with van der Waals surface area (Å²) in [5.74, 6) is 0.753. The van der Waals surface area contributed by atoms with Crippen molar-refractivity contribution in [3.8, 4) is 0 Å². The minimum Gasteiger partial charge on any atom is -0.338 e. The van der Waals surface area contributed by atoms with Crippen LogP contribution >= 0.6 is 0 Å². The SMILES string of the molecule is NCCCN(Cc1cccc(NC(=O)C2CC2)c1)C(=O)C1CC1. The number of carbonyl (C=O) groups is 2. The lowest BCUT2D eigenvalue weighted by molar-refractivity contribution is -0.133. The fraction of sp³-hybridized carbons (Fsp3) is 0.556. The Morgan fingerprint density at radius 1 is 1.17 bits per heavy atom. The Morgan fingerprint density at radius 3 is 2.57 bits per heavy atom. The summed E-state index contributed by atoms with van der Waals surface area (Å²) < 4.78 is 0. The minimum absolute atomic E-state index is 0.108. The number of anilines is 1. The zero-order chi connectivity index (χ0) is 16.2. The van der Waals surface area contributed by atoms with Gasteiger partial charge >= 0.3 is 0 Å². The van der Waals surface area contributed by atoms with Gasteiger partial charge in [-0.2, -0.15) is 0 Å². The van der Waals surface area contributed by atoms with Crippen molar-refractivity contribution in [2.45, 2.75) is 38.6 Å². The maximum atomic E-state index is 12.4. The standard InChI is InChI=1S/C18H25N3O2/c19-9-2-10-21(18(23)15-7-8-15)12-13-3-1-4-16(11-13)20-17(22)14-5-6-14/h1,3-4,11,14-15H,2,5-10,12,19H2,(H,20,22). The van der Waals surface area contributed by atoms with Crippen LogP contribution in [0.15, 0.2) is 24.3 Å². The fourth-order valence-corrected chi connectivity index (χ4v) is 2.70. The second-order valence-corrected chi connectivity index (χ2v) is 6.64. The van der Waals surface area contributed by atoms with Crippen LogP contribution in [0.2, 0.25) is 0 Å². The number of hydrogen-bond donors (Lipinski definition) is 2.